The molecule has 19 heteroatoms. The zero-order valence-electron chi connectivity index (χ0n) is 24.6. The van der Waals surface area contributed by atoms with Gasteiger partial charge in [0.15, 0.2) is 29.8 Å². The highest BCUT2D eigenvalue weighted by molar-refractivity contribution is 5.89. The van der Waals surface area contributed by atoms with Crippen LogP contribution in [0.4, 0.5) is 4.79 Å². The molecule has 0 radical (unpaired) electrons. The van der Waals surface area contributed by atoms with Crippen molar-refractivity contribution in [3.63, 3.8) is 0 Å². The molecule has 1 fully saturated rings. The van der Waals surface area contributed by atoms with E-state index in [1.807, 2.05) is 0 Å². The third kappa shape index (κ3) is 10.2. The number of carbonyl (C=O) groups excluding carboxylic acids is 3. The molecule has 0 aromatic heterocycles. The molecule has 0 bridgehead atoms. The van der Waals surface area contributed by atoms with Gasteiger partial charge in [-0.15, -0.1) is 0 Å². The first-order valence-electron chi connectivity index (χ1n) is 13.3. The number of amides is 2. The lowest BCUT2D eigenvalue weighted by Gasteiger charge is -2.32. The van der Waals surface area contributed by atoms with Gasteiger partial charge in [-0.1, -0.05) is 30.3 Å². The second-order valence-corrected chi connectivity index (χ2v) is 9.82. The van der Waals surface area contributed by atoms with Gasteiger partial charge in [0.05, 0.1) is 20.3 Å². The van der Waals surface area contributed by atoms with Crippen molar-refractivity contribution in [3.8, 4) is 0 Å². The summed E-state index contributed by atoms with van der Waals surface area (Å²) in [5.74, 6) is -4.29. The minimum atomic E-state index is -2.32. The van der Waals surface area contributed by atoms with Crippen molar-refractivity contribution < 1.29 is 84.1 Å². The number of carbonyl (C=O) groups is 3. The monoisotopic (exact) mass is 650 g/mol. The molecule has 254 valence electrons. The molecule has 1 aliphatic heterocycles. The zero-order valence-corrected chi connectivity index (χ0v) is 24.6. The number of hydrogen-bond acceptors (Lipinski definition) is 17. The maximum atomic E-state index is 13.2. The van der Waals surface area contributed by atoms with Crippen LogP contribution in [0.3, 0.4) is 0 Å². The fourth-order valence-corrected chi connectivity index (χ4v) is 4.14. The average molecular weight is 651 g/mol. The lowest BCUT2D eigenvalue weighted by atomic mass is 9.96. The van der Waals surface area contributed by atoms with Crippen LogP contribution < -0.4 is 10.6 Å². The maximum Gasteiger partial charge on any atom is 0.508 e. The molecule has 1 aromatic carbocycles. The van der Waals surface area contributed by atoms with Crippen LogP contribution in [0.25, 0.3) is 0 Å². The van der Waals surface area contributed by atoms with Gasteiger partial charge in [0.25, 0.3) is 5.91 Å². The average Bonchev–Trinajstić information content (AvgIpc) is 3.22. The topological polar surface area (TPSA) is 270 Å². The maximum absolute atomic E-state index is 13.2. The van der Waals surface area contributed by atoms with Crippen LogP contribution >= 0.6 is 0 Å². The molecule has 0 aliphatic carbocycles. The van der Waals surface area contributed by atoms with E-state index in [0.29, 0.717) is 0 Å². The molecule has 8 N–H and O–H groups in total. The molecule has 0 spiro atoms. The van der Waals surface area contributed by atoms with E-state index < -0.39 is 78.3 Å². The van der Waals surface area contributed by atoms with E-state index in [-0.39, 0.29) is 26.0 Å². The third-order valence-corrected chi connectivity index (χ3v) is 6.88. The fraction of sp³-hybridized carbons (Fsp3) is 0.577. The number of hydrogen-bond donors (Lipinski definition) is 8. The highest BCUT2D eigenvalue weighted by Gasteiger charge is 2.48. The van der Waals surface area contributed by atoms with Crippen molar-refractivity contribution in [1.29, 1.82) is 0 Å². The molecule has 45 heavy (non-hydrogen) atoms. The van der Waals surface area contributed by atoms with Crippen LogP contribution in [0.5, 0.6) is 0 Å². The normalized spacial score (nSPS) is 21.5. The predicted molar refractivity (Wildman–Crippen MR) is 145 cm³/mol. The Morgan fingerprint density at radius 1 is 1.02 bits per heavy atom. The van der Waals surface area contributed by atoms with Gasteiger partial charge in [0.1, 0.15) is 24.4 Å². The summed E-state index contributed by atoms with van der Waals surface area (Å²) in [6, 6.07) is 7.60. The van der Waals surface area contributed by atoms with Crippen LogP contribution in [0.1, 0.15) is 25.3 Å². The highest BCUT2D eigenvalue weighted by Crippen LogP contribution is 2.27. The van der Waals surface area contributed by atoms with E-state index in [9.17, 15) is 45.5 Å². The summed E-state index contributed by atoms with van der Waals surface area (Å²) in [6.07, 6.45) is -10.7. The summed E-state index contributed by atoms with van der Waals surface area (Å²) in [6.45, 7) is 0.107. The number of ether oxygens (including phenoxy) is 3. The van der Waals surface area contributed by atoms with E-state index in [4.69, 9.17) is 19.1 Å². The first kappa shape index (κ1) is 37.6. The van der Waals surface area contributed by atoms with Gasteiger partial charge in [-0.25, -0.2) is 29.2 Å². The molecule has 7 unspecified atom stereocenters. The summed E-state index contributed by atoms with van der Waals surface area (Å²) in [4.78, 5) is 60.0. The zero-order chi connectivity index (χ0) is 33.6. The Morgan fingerprint density at radius 3 is 2.22 bits per heavy atom. The van der Waals surface area contributed by atoms with E-state index in [1.54, 1.807) is 30.3 Å². The number of nitrogens with one attached hydrogen (secondary N) is 2. The first-order valence-corrected chi connectivity index (χ1v) is 13.3. The minimum absolute atomic E-state index is 0.0343. The number of rotatable bonds is 17. The van der Waals surface area contributed by atoms with Crippen molar-refractivity contribution in [2.75, 3.05) is 27.4 Å². The Kier molecular flexibility index (Phi) is 15.3. The van der Waals surface area contributed by atoms with Gasteiger partial charge in [0.2, 0.25) is 12.0 Å². The quantitative estimate of drug-likeness (QED) is 0.0489. The van der Waals surface area contributed by atoms with E-state index in [0.717, 1.165) is 26.7 Å². The molecule has 0 saturated carbocycles. The largest absolute Gasteiger partial charge is 0.508 e. The molecule has 1 aromatic rings. The predicted octanol–water partition coefficient (Wildman–Crippen LogP) is 0.349. The van der Waals surface area contributed by atoms with Crippen LogP contribution in [0.15, 0.2) is 41.9 Å². The molecule has 1 saturated heterocycles. The smallest absolute Gasteiger partial charge is 0.506 e. The number of aliphatic hydroxyl groups excluding tert-OH is 3. The van der Waals surface area contributed by atoms with Crippen molar-refractivity contribution in [3.05, 3.63) is 47.4 Å². The van der Waals surface area contributed by atoms with Crippen LogP contribution in [0, 0.1) is 0 Å². The Morgan fingerprint density at radius 2 is 1.67 bits per heavy atom. The Hall–Kier alpha value is -3.63. The van der Waals surface area contributed by atoms with E-state index >= 15 is 0 Å². The lowest BCUT2D eigenvalue weighted by molar-refractivity contribution is -0.419. The molecule has 7 atom stereocenters. The first-order chi connectivity index (χ1) is 21.5. The number of benzene rings is 1. The minimum Gasteiger partial charge on any atom is -0.506 e. The van der Waals surface area contributed by atoms with Crippen molar-refractivity contribution in [2.24, 2.45) is 0 Å². The van der Waals surface area contributed by atoms with Crippen LogP contribution in [0.2, 0.25) is 0 Å². The summed E-state index contributed by atoms with van der Waals surface area (Å²) < 4.78 is 15.3. The SMILES string of the molecule is COOC(C(=O)NC1CCC(OC(=O)OCc2ccccc2)CNC1=O)C(OO)C(OO)C(OO)/C(O)=C(\O)C(C)(CO)OC. The van der Waals surface area contributed by atoms with Gasteiger partial charge in [-0.2, -0.15) is 0 Å². The number of aliphatic hydroxyl groups is 3. The van der Waals surface area contributed by atoms with Gasteiger partial charge in [-0.05, 0) is 25.3 Å². The molecule has 2 rings (SSSR count). The fourth-order valence-electron chi connectivity index (χ4n) is 4.14. The summed E-state index contributed by atoms with van der Waals surface area (Å²) in [5.41, 5.74) is -1.21. The third-order valence-electron chi connectivity index (χ3n) is 6.88. The van der Waals surface area contributed by atoms with Gasteiger partial charge >= 0.3 is 6.16 Å². The van der Waals surface area contributed by atoms with Gasteiger partial charge in [0, 0.05) is 7.11 Å². The molecule has 1 heterocycles. The van der Waals surface area contributed by atoms with Crippen molar-refractivity contribution in [1.82, 2.24) is 10.6 Å². The summed E-state index contributed by atoms with van der Waals surface area (Å²) in [5, 5.41) is 63.9. The Labute approximate surface area is 256 Å². The molecule has 2 amide bonds. The molecular weight excluding hydrogens is 612 g/mol. The summed E-state index contributed by atoms with van der Waals surface area (Å²) >= 11 is 0. The van der Waals surface area contributed by atoms with Crippen molar-refractivity contribution in [2.45, 2.75) is 68.5 Å². The number of methoxy groups -OCH3 is 1. The Balaban J connectivity index is 2.15. The van der Waals surface area contributed by atoms with Crippen LogP contribution in [-0.2, 0) is 54.8 Å². The Bertz CT molecular complexity index is 1120. The van der Waals surface area contributed by atoms with E-state index in [1.165, 1.54) is 0 Å². The highest BCUT2D eigenvalue weighted by atomic mass is 17.2. The second kappa shape index (κ2) is 18.4. The second-order valence-electron chi connectivity index (χ2n) is 9.82. The van der Waals surface area contributed by atoms with Crippen LogP contribution in [-0.4, -0.2) is 119 Å². The summed E-state index contributed by atoms with van der Waals surface area (Å²) in [7, 11) is 2.02. The molecule has 19 nitrogen and oxygen atoms in total. The molecular formula is C26H38N2O17. The van der Waals surface area contributed by atoms with E-state index in [2.05, 4.69) is 30.2 Å². The van der Waals surface area contributed by atoms with Gasteiger partial charge < -0.3 is 40.2 Å². The standard InChI is InChI=1S/C26H38N2O17/c1-26(13-29,38-2)22(31)17(30)18(42-35)19(43-36)20(44-37)21(45-39-3)24(33)28-16-10-9-15(11-27-23(16)32)41-25(34)40-12-14-7-5-4-6-8-14/h4-8,15-16,18-21,29-31,35-37H,9-13H2,1-3H3,(H,27,32)(H,28,33)/b22-17+. The van der Waals surface area contributed by atoms with Crippen molar-refractivity contribution >= 4 is 18.0 Å². The lowest BCUT2D eigenvalue weighted by Crippen LogP contribution is -2.57. The van der Waals surface area contributed by atoms with Gasteiger partial charge in [-0.3, -0.25) is 25.4 Å². The molecule has 1 aliphatic rings.